The van der Waals surface area contributed by atoms with Gasteiger partial charge in [0.15, 0.2) is 0 Å². The van der Waals surface area contributed by atoms with Gasteiger partial charge in [-0.25, -0.2) is 0 Å². The maximum absolute atomic E-state index is 12.2. The summed E-state index contributed by atoms with van der Waals surface area (Å²) in [5.74, 6) is 0.0763. The molecule has 19 heavy (non-hydrogen) atoms. The number of ether oxygens (including phenoxy) is 2. The largest absolute Gasteiger partial charge is 0.375 e. The summed E-state index contributed by atoms with van der Waals surface area (Å²) >= 11 is 0. The van der Waals surface area contributed by atoms with E-state index in [2.05, 4.69) is 0 Å². The van der Waals surface area contributed by atoms with Crippen LogP contribution in [-0.4, -0.2) is 74.2 Å². The third-order valence-electron chi connectivity index (χ3n) is 3.63. The van der Waals surface area contributed by atoms with Gasteiger partial charge in [0.05, 0.1) is 0 Å². The van der Waals surface area contributed by atoms with Crippen molar-refractivity contribution in [3.63, 3.8) is 0 Å². The first kappa shape index (κ1) is 14.3. The molecular weight excluding hydrogens is 248 g/mol. The van der Waals surface area contributed by atoms with E-state index in [-0.39, 0.29) is 24.5 Å². The molecule has 1 atom stereocenters. The summed E-state index contributed by atoms with van der Waals surface area (Å²) in [6, 6.07) is 0. The smallest absolute Gasteiger partial charge is 0.251 e. The van der Waals surface area contributed by atoms with E-state index >= 15 is 0 Å². The molecule has 0 aromatic heterocycles. The molecule has 1 unspecified atom stereocenters. The first-order chi connectivity index (χ1) is 9.22. The highest BCUT2D eigenvalue weighted by molar-refractivity contribution is 5.81. The summed E-state index contributed by atoms with van der Waals surface area (Å²) in [7, 11) is 1.52. The van der Waals surface area contributed by atoms with E-state index in [4.69, 9.17) is 9.47 Å². The van der Waals surface area contributed by atoms with Crippen molar-refractivity contribution in [2.45, 2.75) is 25.4 Å². The summed E-state index contributed by atoms with van der Waals surface area (Å²) in [6.07, 6.45) is 2.33. The molecule has 0 radical (unpaired) electrons. The van der Waals surface area contributed by atoms with Crippen LogP contribution in [0.25, 0.3) is 0 Å². The topological polar surface area (TPSA) is 59.1 Å². The highest BCUT2D eigenvalue weighted by Crippen LogP contribution is 2.16. The first-order valence-corrected chi connectivity index (χ1v) is 6.89. The van der Waals surface area contributed by atoms with E-state index in [1.165, 1.54) is 7.11 Å². The molecule has 0 N–H and O–H groups in total. The number of methoxy groups -OCH3 is 1. The minimum atomic E-state index is -0.263. The second-order valence-electron chi connectivity index (χ2n) is 4.99. The van der Waals surface area contributed by atoms with Gasteiger partial charge in [-0.1, -0.05) is 0 Å². The van der Waals surface area contributed by atoms with Crippen LogP contribution in [0.15, 0.2) is 0 Å². The lowest BCUT2D eigenvalue weighted by molar-refractivity contribution is -0.141. The second kappa shape index (κ2) is 6.86. The first-order valence-electron chi connectivity index (χ1n) is 6.89. The molecule has 6 nitrogen and oxygen atoms in total. The van der Waals surface area contributed by atoms with Crippen molar-refractivity contribution in [2.24, 2.45) is 0 Å². The molecule has 2 fully saturated rings. The summed E-state index contributed by atoms with van der Waals surface area (Å²) in [5, 5.41) is 0. The summed E-state index contributed by atoms with van der Waals surface area (Å²) < 4.78 is 10.3. The van der Waals surface area contributed by atoms with Crippen LogP contribution in [0.1, 0.15) is 19.3 Å². The molecule has 6 heteroatoms. The fraction of sp³-hybridized carbons (Fsp3) is 0.846. The van der Waals surface area contributed by atoms with Gasteiger partial charge in [0.1, 0.15) is 12.7 Å². The molecule has 0 bridgehead atoms. The van der Waals surface area contributed by atoms with E-state index in [9.17, 15) is 9.59 Å². The molecule has 2 aliphatic rings. The maximum Gasteiger partial charge on any atom is 0.251 e. The lowest BCUT2D eigenvalue weighted by Crippen LogP contribution is -2.42. The van der Waals surface area contributed by atoms with Crippen LogP contribution in [0.4, 0.5) is 0 Å². The highest BCUT2D eigenvalue weighted by atomic mass is 16.5. The standard InChI is InChI=1S/C13H22N2O4/c1-18-10-12(16)14-5-3-6-15(8-7-14)13(17)11-4-2-9-19-11/h11H,2-10H2,1H3. The molecular formula is C13H22N2O4. The SMILES string of the molecule is COCC(=O)N1CCCN(C(=O)C2CCCO2)CC1. The third-order valence-corrected chi connectivity index (χ3v) is 3.63. The Morgan fingerprint density at radius 1 is 1.16 bits per heavy atom. The van der Waals surface area contributed by atoms with Crippen molar-refractivity contribution in [1.29, 1.82) is 0 Å². The zero-order chi connectivity index (χ0) is 13.7. The number of amides is 2. The van der Waals surface area contributed by atoms with Crippen molar-refractivity contribution in [2.75, 3.05) is 46.5 Å². The lowest BCUT2D eigenvalue weighted by atomic mass is 10.2. The van der Waals surface area contributed by atoms with Gasteiger partial charge in [0.2, 0.25) is 5.91 Å². The van der Waals surface area contributed by atoms with Crippen LogP contribution in [0.3, 0.4) is 0 Å². The Bertz CT molecular complexity index is 329. The number of hydrogen-bond acceptors (Lipinski definition) is 4. The van der Waals surface area contributed by atoms with Gasteiger partial charge in [0, 0.05) is 39.9 Å². The fourth-order valence-corrected chi connectivity index (χ4v) is 2.58. The Hall–Kier alpha value is -1.14. The average Bonchev–Trinajstić information content (AvgIpc) is 2.82. The second-order valence-corrected chi connectivity index (χ2v) is 4.99. The van der Waals surface area contributed by atoms with Crippen molar-refractivity contribution < 1.29 is 19.1 Å². The van der Waals surface area contributed by atoms with E-state index < -0.39 is 0 Å². The molecule has 0 spiro atoms. The molecule has 108 valence electrons. The number of carbonyl (C=O) groups excluding carboxylic acids is 2. The van der Waals surface area contributed by atoms with Crippen LogP contribution in [0.5, 0.6) is 0 Å². The van der Waals surface area contributed by atoms with Gasteiger partial charge in [0.25, 0.3) is 5.91 Å². The fourth-order valence-electron chi connectivity index (χ4n) is 2.58. The molecule has 0 saturated carbocycles. The van der Waals surface area contributed by atoms with Gasteiger partial charge < -0.3 is 19.3 Å². The van der Waals surface area contributed by atoms with E-state index in [0.717, 1.165) is 19.3 Å². The monoisotopic (exact) mass is 270 g/mol. The Labute approximate surface area is 113 Å². The van der Waals surface area contributed by atoms with Crippen LogP contribution in [-0.2, 0) is 19.1 Å². The average molecular weight is 270 g/mol. The van der Waals surface area contributed by atoms with Gasteiger partial charge >= 0.3 is 0 Å². The van der Waals surface area contributed by atoms with Crippen molar-refractivity contribution in [3.05, 3.63) is 0 Å². The lowest BCUT2D eigenvalue weighted by Gasteiger charge is -2.24. The van der Waals surface area contributed by atoms with Crippen LogP contribution >= 0.6 is 0 Å². The Balaban J connectivity index is 1.85. The minimum absolute atomic E-state index is 0.00563. The predicted molar refractivity (Wildman–Crippen MR) is 68.6 cm³/mol. The Morgan fingerprint density at radius 2 is 1.89 bits per heavy atom. The zero-order valence-electron chi connectivity index (χ0n) is 11.5. The molecule has 2 aliphatic heterocycles. The molecule has 2 rings (SSSR count). The van der Waals surface area contributed by atoms with Gasteiger partial charge in [-0.2, -0.15) is 0 Å². The third kappa shape index (κ3) is 3.67. The van der Waals surface area contributed by atoms with Crippen molar-refractivity contribution >= 4 is 11.8 Å². The number of carbonyl (C=O) groups is 2. The zero-order valence-corrected chi connectivity index (χ0v) is 11.5. The number of hydrogen-bond donors (Lipinski definition) is 0. The van der Waals surface area contributed by atoms with E-state index in [0.29, 0.717) is 32.8 Å². The number of nitrogens with zero attached hydrogens (tertiary/aromatic N) is 2. The summed E-state index contributed by atoms with van der Waals surface area (Å²) in [6.45, 7) is 3.37. The van der Waals surface area contributed by atoms with Crippen LogP contribution < -0.4 is 0 Å². The van der Waals surface area contributed by atoms with Crippen molar-refractivity contribution in [3.8, 4) is 0 Å². The minimum Gasteiger partial charge on any atom is -0.375 e. The Morgan fingerprint density at radius 3 is 2.58 bits per heavy atom. The Kier molecular flexibility index (Phi) is 5.15. The summed E-state index contributed by atoms with van der Waals surface area (Å²) in [4.78, 5) is 27.6. The van der Waals surface area contributed by atoms with Gasteiger partial charge in [-0.15, -0.1) is 0 Å². The molecule has 2 saturated heterocycles. The molecule has 0 aromatic rings. The predicted octanol–water partition coefficient (Wildman–Crippen LogP) is -0.127. The van der Waals surface area contributed by atoms with Gasteiger partial charge in [-0.3, -0.25) is 9.59 Å². The normalized spacial score (nSPS) is 24.4. The highest BCUT2D eigenvalue weighted by Gasteiger charge is 2.29. The quantitative estimate of drug-likeness (QED) is 0.717. The molecule has 0 aromatic carbocycles. The molecule has 2 amide bonds. The molecule has 2 heterocycles. The van der Waals surface area contributed by atoms with E-state index in [1.807, 2.05) is 4.90 Å². The van der Waals surface area contributed by atoms with E-state index in [1.54, 1.807) is 4.90 Å². The maximum atomic E-state index is 12.2. The molecule has 0 aliphatic carbocycles. The van der Waals surface area contributed by atoms with Gasteiger partial charge in [-0.05, 0) is 19.3 Å². The van der Waals surface area contributed by atoms with Crippen LogP contribution in [0.2, 0.25) is 0 Å². The van der Waals surface area contributed by atoms with Crippen LogP contribution in [0, 0.1) is 0 Å². The summed E-state index contributed by atoms with van der Waals surface area (Å²) in [5.41, 5.74) is 0. The van der Waals surface area contributed by atoms with Crippen molar-refractivity contribution in [1.82, 2.24) is 9.80 Å². The number of rotatable bonds is 3.